The predicted octanol–water partition coefficient (Wildman–Crippen LogP) is 7.54. The third-order valence-electron chi connectivity index (χ3n) is 7.78. The van der Waals surface area contributed by atoms with Crippen LogP contribution in [0.15, 0.2) is 48.5 Å². The van der Waals surface area contributed by atoms with E-state index in [1.165, 1.54) is 51.4 Å². The van der Waals surface area contributed by atoms with Crippen molar-refractivity contribution in [2.75, 3.05) is 0 Å². The molecule has 4 rings (SSSR count). The van der Waals surface area contributed by atoms with Gasteiger partial charge in [0.15, 0.2) is 0 Å². The summed E-state index contributed by atoms with van der Waals surface area (Å²) in [4.78, 5) is 13.0. The van der Waals surface area contributed by atoms with Crippen molar-refractivity contribution in [3.63, 3.8) is 0 Å². The Balaban J connectivity index is 1.32. The van der Waals surface area contributed by atoms with Crippen molar-refractivity contribution in [1.29, 1.82) is 5.26 Å². The van der Waals surface area contributed by atoms with E-state index in [2.05, 4.69) is 13.0 Å². The van der Waals surface area contributed by atoms with Crippen molar-refractivity contribution in [1.82, 2.24) is 0 Å². The Morgan fingerprint density at radius 2 is 1.53 bits per heavy atom. The highest BCUT2D eigenvalue weighted by atomic mass is 16.5. The molecule has 0 saturated heterocycles. The summed E-state index contributed by atoms with van der Waals surface area (Å²) >= 11 is 0. The summed E-state index contributed by atoms with van der Waals surface area (Å²) in [6.45, 7) is 2.30. The summed E-state index contributed by atoms with van der Waals surface area (Å²) in [7, 11) is 0. The van der Waals surface area contributed by atoms with Crippen LogP contribution in [0.4, 0.5) is 0 Å². The Labute approximate surface area is 192 Å². The first kappa shape index (κ1) is 22.6. The largest absolute Gasteiger partial charge is 0.426 e. The van der Waals surface area contributed by atoms with E-state index in [0.29, 0.717) is 11.3 Å². The van der Waals surface area contributed by atoms with Gasteiger partial charge in [0, 0.05) is 5.56 Å². The van der Waals surface area contributed by atoms with Crippen LogP contribution in [-0.4, -0.2) is 5.97 Å². The van der Waals surface area contributed by atoms with Crippen LogP contribution in [0.1, 0.15) is 76.7 Å². The molecule has 0 spiro atoms. The molecule has 2 fully saturated rings. The monoisotopic (exact) mass is 429 g/mol. The van der Waals surface area contributed by atoms with Gasteiger partial charge in [-0.25, -0.2) is 0 Å². The molecule has 2 saturated carbocycles. The maximum Gasteiger partial charge on any atom is 0.314 e. The van der Waals surface area contributed by atoms with E-state index in [1.54, 1.807) is 12.1 Å². The average Bonchev–Trinajstić information content (AvgIpc) is 2.85. The van der Waals surface area contributed by atoms with Gasteiger partial charge in [-0.15, -0.1) is 0 Å². The molecule has 2 aromatic rings. The van der Waals surface area contributed by atoms with Crippen LogP contribution < -0.4 is 4.74 Å². The van der Waals surface area contributed by atoms with Gasteiger partial charge in [-0.05, 0) is 80.0 Å². The number of carbonyl (C=O) groups is 1. The number of para-hydroxylation sites is 1. The molecule has 0 radical (unpaired) electrons. The summed E-state index contributed by atoms with van der Waals surface area (Å²) in [5.74, 6) is 3.16. The lowest BCUT2D eigenvalue weighted by atomic mass is 9.69. The van der Waals surface area contributed by atoms with Gasteiger partial charge in [-0.2, -0.15) is 5.26 Å². The minimum absolute atomic E-state index is 0.0108. The number of nitrogens with zero attached hydrogens (tertiary/aromatic N) is 1. The van der Waals surface area contributed by atoms with Crippen LogP contribution in [-0.2, 0) is 4.79 Å². The summed E-state index contributed by atoms with van der Waals surface area (Å²) in [5.41, 5.74) is 2.47. The molecule has 0 atom stereocenters. The predicted molar refractivity (Wildman–Crippen MR) is 128 cm³/mol. The molecule has 3 nitrogen and oxygen atoms in total. The molecule has 2 aliphatic rings. The van der Waals surface area contributed by atoms with Crippen molar-refractivity contribution < 1.29 is 9.53 Å². The molecule has 168 valence electrons. The molecule has 2 aliphatic carbocycles. The second-order valence-corrected chi connectivity index (χ2v) is 9.79. The van der Waals surface area contributed by atoms with E-state index in [0.717, 1.165) is 41.7 Å². The van der Waals surface area contributed by atoms with E-state index < -0.39 is 0 Å². The van der Waals surface area contributed by atoms with E-state index in [-0.39, 0.29) is 11.9 Å². The molecule has 0 heterocycles. The zero-order chi connectivity index (χ0) is 22.3. The van der Waals surface area contributed by atoms with E-state index in [9.17, 15) is 4.79 Å². The standard InChI is InChI=1S/C29H35NO2/c1-2-5-21-8-12-23(13-9-21)24-16-18-26(19-17-24)29(31)32-28-7-4-3-6-27(28)25-14-10-22(20-30)11-15-25/h3-4,6-7,10-11,14-15,21,23-24,26H,2,5,8-9,12-13,16-19H2,1H3. The fraction of sp³-hybridized carbons (Fsp3) is 0.517. The molecule has 0 N–H and O–H groups in total. The van der Waals surface area contributed by atoms with Gasteiger partial charge in [0.2, 0.25) is 0 Å². The van der Waals surface area contributed by atoms with Crippen molar-refractivity contribution in [3.8, 4) is 22.9 Å². The molecule has 0 unspecified atom stereocenters. The Morgan fingerprint density at radius 3 is 2.16 bits per heavy atom. The number of carbonyl (C=O) groups excluding carboxylic acids is 1. The van der Waals surface area contributed by atoms with Crippen molar-refractivity contribution in [3.05, 3.63) is 54.1 Å². The van der Waals surface area contributed by atoms with Crippen molar-refractivity contribution in [2.45, 2.75) is 71.1 Å². The Bertz CT molecular complexity index is 926. The summed E-state index contributed by atoms with van der Waals surface area (Å²) < 4.78 is 5.91. The number of hydrogen-bond acceptors (Lipinski definition) is 3. The lowest BCUT2D eigenvalue weighted by Gasteiger charge is -2.37. The molecule has 0 aliphatic heterocycles. The van der Waals surface area contributed by atoms with E-state index in [1.807, 2.05) is 36.4 Å². The van der Waals surface area contributed by atoms with Crippen LogP contribution in [0.5, 0.6) is 5.75 Å². The lowest BCUT2D eigenvalue weighted by molar-refractivity contribution is -0.140. The Hall–Kier alpha value is -2.60. The molecular weight excluding hydrogens is 394 g/mol. The lowest BCUT2D eigenvalue weighted by Crippen LogP contribution is -2.30. The van der Waals surface area contributed by atoms with Crippen molar-refractivity contribution in [2.24, 2.45) is 23.7 Å². The van der Waals surface area contributed by atoms with Gasteiger partial charge in [0.25, 0.3) is 0 Å². The second-order valence-electron chi connectivity index (χ2n) is 9.79. The van der Waals surface area contributed by atoms with Gasteiger partial charge in [-0.3, -0.25) is 4.79 Å². The average molecular weight is 430 g/mol. The van der Waals surface area contributed by atoms with Crippen LogP contribution in [0.2, 0.25) is 0 Å². The highest BCUT2D eigenvalue weighted by molar-refractivity contribution is 5.79. The van der Waals surface area contributed by atoms with E-state index >= 15 is 0 Å². The van der Waals surface area contributed by atoms with Gasteiger partial charge < -0.3 is 4.74 Å². The summed E-state index contributed by atoms with van der Waals surface area (Å²) in [6, 6.07) is 17.2. The van der Waals surface area contributed by atoms with Crippen molar-refractivity contribution >= 4 is 5.97 Å². The summed E-state index contributed by atoms with van der Waals surface area (Å²) in [6.07, 6.45) is 12.6. The molecule has 32 heavy (non-hydrogen) atoms. The fourth-order valence-electron chi connectivity index (χ4n) is 5.89. The molecule has 0 aromatic heterocycles. The van der Waals surface area contributed by atoms with Gasteiger partial charge in [0.1, 0.15) is 5.75 Å². The second kappa shape index (κ2) is 10.8. The highest BCUT2D eigenvalue weighted by Gasteiger charge is 2.33. The number of benzene rings is 2. The van der Waals surface area contributed by atoms with Gasteiger partial charge in [-0.1, -0.05) is 62.9 Å². The van der Waals surface area contributed by atoms with Crippen LogP contribution in [0, 0.1) is 35.0 Å². The Kier molecular flexibility index (Phi) is 7.63. The molecule has 0 bridgehead atoms. The summed E-state index contributed by atoms with van der Waals surface area (Å²) in [5, 5.41) is 9.03. The topological polar surface area (TPSA) is 50.1 Å². The van der Waals surface area contributed by atoms with Crippen LogP contribution in [0.25, 0.3) is 11.1 Å². The first-order chi connectivity index (χ1) is 15.7. The smallest absolute Gasteiger partial charge is 0.314 e. The minimum Gasteiger partial charge on any atom is -0.426 e. The van der Waals surface area contributed by atoms with Gasteiger partial charge >= 0.3 is 5.97 Å². The molecule has 2 aromatic carbocycles. The SMILES string of the molecule is CCCC1CCC(C2CCC(C(=O)Oc3ccccc3-c3ccc(C#N)cc3)CC2)CC1. The number of esters is 1. The maximum absolute atomic E-state index is 13.0. The van der Waals surface area contributed by atoms with E-state index in [4.69, 9.17) is 10.00 Å². The van der Waals surface area contributed by atoms with Crippen LogP contribution >= 0.6 is 0 Å². The number of nitriles is 1. The number of hydrogen-bond donors (Lipinski definition) is 0. The highest BCUT2D eigenvalue weighted by Crippen LogP contribution is 2.42. The van der Waals surface area contributed by atoms with Gasteiger partial charge in [0.05, 0.1) is 17.6 Å². The third-order valence-corrected chi connectivity index (χ3v) is 7.78. The molecular formula is C29H35NO2. The first-order valence-electron chi connectivity index (χ1n) is 12.5. The normalized spacial score (nSPS) is 25.6. The minimum atomic E-state index is -0.0869. The number of ether oxygens (including phenoxy) is 1. The number of rotatable bonds is 6. The molecule has 3 heteroatoms. The quantitative estimate of drug-likeness (QED) is 0.352. The zero-order valence-electron chi connectivity index (χ0n) is 19.3. The Morgan fingerprint density at radius 1 is 0.906 bits per heavy atom. The molecule has 0 amide bonds. The third kappa shape index (κ3) is 5.41. The van der Waals surface area contributed by atoms with Crippen LogP contribution in [0.3, 0.4) is 0 Å². The maximum atomic E-state index is 13.0. The zero-order valence-corrected chi connectivity index (χ0v) is 19.3. The fourth-order valence-corrected chi connectivity index (χ4v) is 5.89. The first-order valence-corrected chi connectivity index (χ1v) is 12.5.